The number of rotatable bonds is 6. The largest absolute Gasteiger partial charge is 0.255 e. The second-order valence-corrected chi connectivity index (χ2v) is 12.3. The van der Waals surface area contributed by atoms with Gasteiger partial charge in [-0.2, -0.15) is 0 Å². The number of pyridine rings is 2. The minimum atomic E-state index is 0.711. The van der Waals surface area contributed by atoms with Crippen molar-refractivity contribution in [2.24, 2.45) is 0 Å². The van der Waals surface area contributed by atoms with Gasteiger partial charge in [-0.15, -0.1) is 0 Å². The molecule has 234 valence electrons. The molecule has 0 radical (unpaired) electrons. The Balaban J connectivity index is 1.12. The van der Waals surface area contributed by atoms with Gasteiger partial charge in [-0.1, -0.05) is 146 Å². The zero-order valence-electron chi connectivity index (χ0n) is 27.1. The van der Waals surface area contributed by atoms with E-state index in [4.69, 9.17) is 15.0 Å². The van der Waals surface area contributed by atoms with Gasteiger partial charge in [0.1, 0.15) is 0 Å². The van der Waals surface area contributed by atoms with Crippen molar-refractivity contribution in [3.63, 3.8) is 0 Å². The lowest BCUT2D eigenvalue weighted by atomic mass is 9.92. The van der Waals surface area contributed by atoms with Crippen LogP contribution in [0.25, 0.3) is 89.2 Å². The maximum absolute atomic E-state index is 5.08. The van der Waals surface area contributed by atoms with Crippen molar-refractivity contribution in [2.45, 2.75) is 0 Å². The third-order valence-corrected chi connectivity index (χ3v) is 9.15. The van der Waals surface area contributed by atoms with Crippen LogP contribution < -0.4 is 0 Å². The maximum atomic E-state index is 5.08. The molecule has 9 rings (SSSR count). The average Bonchev–Trinajstić information content (AvgIpc) is 3.21. The smallest absolute Gasteiger partial charge is 0.160 e. The molecule has 0 saturated heterocycles. The minimum absolute atomic E-state index is 0.711. The summed E-state index contributed by atoms with van der Waals surface area (Å²) in [5.74, 6) is 0.711. The summed E-state index contributed by atoms with van der Waals surface area (Å²) >= 11 is 0. The van der Waals surface area contributed by atoms with Gasteiger partial charge in [-0.3, -0.25) is 4.98 Å². The molecule has 0 fully saturated rings. The van der Waals surface area contributed by atoms with E-state index in [-0.39, 0.29) is 0 Å². The van der Waals surface area contributed by atoms with Gasteiger partial charge in [0.25, 0.3) is 0 Å². The normalized spacial score (nSPS) is 11.2. The first-order chi connectivity index (χ1) is 24.8. The van der Waals surface area contributed by atoms with Gasteiger partial charge in [-0.05, 0) is 52.6 Å². The first kappa shape index (κ1) is 29.4. The summed E-state index contributed by atoms with van der Waals surface area (Å²) in [7, 11) is 0. The Morgan fingerprint density at radius 2 is 0.940 bits per heavy atom. The number of para-hydroxylation sites is 1. The quantitative estimate of drug-likeness (QED) is 0.170. The molecule has 0 atom stereocenters. The van der Waals surface area contributed by atoms with Crippen molar-refractivity contribution >= 4 is 21.7 Å². The maximum Gasteiger partial charge on any atom is 0.160 e. The average molecular weight is 639 g/mol. The van der Waals surface area contributed by atoms with Crippen LogP contribution in [0.1, 0.15) is 0 Å². The van der Waals surface area contributed by atoms with Crippen molar-refractivity contribution in [3.8, 4) is 67.5 Å². The SMILES string of the molecule is c1ccc(-c2cc(-c3ccc(-c4cccc(-c5cccc6c(-c7ccccn7)nc7ccccc7c56)c4)cc3)nc(-c3ccccc3)n2)cc1. The second-order valence-electron chi connectivity index (χ2n) is 12.3. The van der Waals surface area contributed by atoms with Crippen LogP contribution in [0.4, 0.5) is 0 Å². The van der Waals surface area contributed by atoms with E-state index in [0.717, 1.165) is 72.4 Å². The van der Waals surface area contributed by atoms with Gasteiger partial charge >= 0.3 is 0 Å². The van der Waals surface area contributed by atoms with Crippen molar-refractivity contribution in [2.75, 3.05) is 0 Å². The van der Waals surface area contributed by atoms with Crippen molar-refractivity contribution < 1.29 is 0 Å². The Morgan fingerprint density at radius 3 is 1.70 bits per heavy atom. The van der Waals surface area contributed by atoms with E-state index in [0.29, 0.717) is 5.82 Å². The van der Waals surface area contributed by atoms with E-state index in [1.807, 2.05) is 66.9 Å². The Bertz CT molecular complexity index is 2560. The summed E-state index contributed by atoms with van der Waals surface area (Å²) in [5.41, 5.74) is 12.2. The monoisotopic (exact) mass is 638 g/mol. The van der Waals surface area contributed by atoms with Crippen LogP contribution in [0.2, 0.25) is 0 Å². The highest BCUT2D eigenvalue weighted by Gasteiger charge is 2.16. The van der Waals surface area contributed by atoms with Crippen LogP contribution in [-0.4, -0.2) is 19.9 Å². The molecule has 0 spiro atoms. The number of aromatic nitrogens is 4. The summed E-state index contributed by atoms with van der Waals surface area (Å²) in [6, 6.07) is 60.8. The molecule has 50 heavy (non-hydrogen) atoms. The highest BCUT2D eigenvalue weighted by Crippen LogP contribution is 2.39. The fourth-order valence-electron chi connectivity index (χ4n) is 6.71. The third kappa shape index (κ3) is 5.49. The predicted molar refractivity (Wildman–Crippen MR) is 205 cm³/mol. The molecular formula is C46H30N4. The van der Waals surface area contributed by atoms with E-state index in [1.165, 1.54) is 10.9 Å². The molecule has 6 aromatic carbocycles. The number of fused-ring (bicyclic) bond motifs is 3. The minimum Gasteiger partial charge on any atom is -0.255 e. The zero-order valence-corrected chi connectivity index (χ0v) is 27.1. The molecule has 0 saturated carbocycles. The molecule has 3 heterocycles. The zero-order chi connectivity index (χ0) is 33.3. The van der Waals surface area contributed by atoms with E-state index >= 15 is 0 Å². The summed E-state index contributed by atoms with van der Waals surface area (Å²) in [4.78, 5) is 19.7. The lowest BCUT2D eigenvalue weighted by Gasteiger charge is -2.14. The number of nitrogens with zero attached hydrogens (tertiary/aromatic N) is 4. The third-order valence-electron chi connectivity index (χ3n) is 9.15. The lowest BCUT2D eigenvalue weighted by Crippen LogP contribution is -1.95. The fraction of sp³-hybridized carbons (Fsp3) is 0. The standard InChI is InChI=1S/C46H30N4/c1-3-13-32(14-4-1)42-30-43(50-46(49-42)34-15-5-2-6-16-34)33-26-24-31(25-27-33)35-17-11-18-36(29-35)37-20-12-21-39-44(37)38-19-7-8-22-40(38)48-45(39)41-23-9-10-28-47-41/h1-30H. The summed E-state index contributed by atoms with van der Waals surface area (Å²) in [6.45, 7) is 0. The summed E-state index contributed by atoms with van der Waals surface area (Å²) in [6.07, 6.45) is 1.83. The van der Waals surface area contributed by atoms with Crippen LogP contribution in [0.15, 0.2) is 182 Å². The molecule has 4 nitrogen and oxygen atoms in total. The first-order valence-corrected chi connectivity index (χ1v) is 16.7. The molecule has 0 unspecified atom stereocenters. The Morgan fingerprint density at radius 1 is 0.340 bits per heavy atom. The van der Waals surface area contributed by atoms with Crippen LogP contribution in [-0.2, 0) is 0 Å². The van der Waals surface area contributed by atoms with Crippen LogP contribution in [0, 0.1) is 0 Å². The van der Waals surface area contributed by atoms with Crippen LogP contribution >= 0.6 is 0 Å². The number of hydrogen-bond donors (Lipinski definition) is 0. The molecule has 0 aliphatic rings. The molecule has 0 aliphatic heterocycles. The highest BCUT2D eigenvalue weighted by atomic mass is 14.9. The Labute approximate surface area is 290 Å². The van der Waals surface area contributed by atoms with Gasteiger partial charge in [0.2, 0.25) is 0 Å². The lowest BCUT2D eigenvalue weighted by molar-refractivity contribution is 1.18. The van der Waals surface area contributed by atoms with E-state index in [2.05, 4.69) is 120 Å². The van der Waals surface area contributed by atoms with Gasteiger partial charge in [-0.25, -0.2) is 15.0 Å². The molecule has 4 heteroatoms. The molecule has 0 amide bonds. The van der Waals surface area contributed by atoms with Crippen LogP contribution in [0.5, 0.6) is 0 Å². The molecule has 0 aliphatic carbocycles. The molecule has 3 aromatic heterocycles. The van der Waals surface area contributed by atoms with Crippen LogP contribution in [0.3, 0.4) is 0 Å². The topological polar surface area (TPSA) is 51.6 Å². The molecule has 0 bridgehead atoms. The van der Waals surface area contributed by atoms with E-state index in [1.54, 1.807) is 0 Å². The molecular weight excluding hydrogens is 609 g/mol. The number of benzene rings is 6. The molecule has 9 aromatic rings. The van der Waals surface area contributed by atoms with Gasteiger partial charge < -0.3 is 0 Å². The molecule has 0 N–H and O–H groups in total. The van der Waals surface area contributed by atoms with Gasteiger partial charge in [0.05, 0.1) is 28.3 Å². The Kier molecular flexibility index (Phi) is 7.45. The van der Waals surface area contributed by atoms with Gasteiger partial charge in [0.15, 0.2) is 5.82 Å². The van der Waals surface area contributed by atoms with E-state index < -0.39 is 0 Å². The summed E-state index contributed by atoms with van der Waals surface area (Å²) in [5, 5.41) is 3.39. The number of hydrogen-bond acceptors (Lipinski definition) is 4. The van der Waals surface area contributed by atoms with Crippen molar-refractivity contribution in [3.05, 3.63) is 182 Å². The van der Waals surface area contributed by atoms with Crippen molar-refractivity contribution in [1.29, 1.82) is 0 Å². The van der Waals surface area contributed by atoms with Gasteiger partial charge in [0, 0.05) is 39.0 Å². The summed E-state index contributed by atoms with van der Waals surface area (Å²) < 4.78 is 0. The predicted octanol–water partition coefficient (Wildman–Crippen LogP) is 11.6. The first-order valence-electron chi connectivity index (χ1n) is 16.7. The highest BCUT2D eigenvalue weighted by molar-refractivity contribution is 6.16. The fourth-order valence-corrected chi connectivity index (χ4v) is 6.71. The van der Waals surface area contributed by atoms with Crippen molar-refractivity contribution in [1.82, 2.24) is 19.9 Å². The Hall–Kier alpha value is -6.78. The van der Waals surface area contributed by atoms with E-state index in [9.17, 15) is 0 Å². The second kappa shape index (κ2) is 12.7.